The lowest BCUT2D eigenvalue weighted by Crippen LogP contribution is -2.47. The van der Waals surface area contributed by atoms with E-state index in [1.165, 1.54) is 12.1 Å². The Bertz CT molecular complexity index is 564. The normalized spacial score (nSPS) is 25.4. The molecule has 108 valence electrons. The van der Waals surface area contributed by atoms with E-state index in [0.29, 0.717) is 0 Å². The second-order valence-electron chi connectivity index (χ2n) is 5.05. The SMILES string of the molecule is CC1(C(=O)Nc2cc(C(N)=O)ccc2F)COCC1N. The molecule has 6 nitrogen and oxygen atoms in total. The summed E-state index contributed by atoms with van der Waals surface area (Å²) in [6.45, 7) is 2.08. The molecule has 7 heteroatoms. The first kappa shape index (κ1) is 14.4. The number of carbonyl (C=O) groups is 2. The van der Waals surface area contributed by atoms with Crippen molar-refractivity contribution in [2.45, 2.75) is 13.0 Å². The van der Waals surface area contributed by atoms with Gasteiger partial charge < -0.3 is 21.5 Å². The summed E-state index contributed by atoms with van der Waals surface area (Å²) < 4.78 is 18.8. The highest BCUT2D eigenvalue weighted by atomic mass is 19.1. The highest BCUT2D eigenvalue weighted by Gasteiger charge is 2.44. The quantitative estimate of drug-likeness (QED) is 0.737. The van der Waals surface area contributed by atoms with Gasteiger partial charge in [0, 0.05) is 11.6 Å². The minimum absolute atomic E-state index is 0.105. The van der Waals surface area contributed by atoms with Crippen molar-refractivity contribution in [3.8, 4) is 0 Å². The van der Waals surface area contributed by atoms with Gasteiger partial charge in [0.15, 0.2) is 0 Å². The van der Waals surface area contributed by atoms with E-state index in [9.17, 15) is 14.0 Å². The van der Waals surface area contributed by atoms with Crippen LogP contribution in [0.3, 0.4) is 0 Å². The van der Waals surface area contributed by atoms with Gasteiger partial charge in [0.1, 0.15) is 5.82 Å². The maximum absolute atomic E-state index is 13.7. The molecule has 1 aromatic rings. The maximum atomic E-state index is 13.7. The number of halogens is 1. The number of hydrogen-bond acceptors (Lipinski definition) is 4. The third-order valence-corrected chi connectivity index (χ3v) is 3.54. The Morgan fingerprint density at radius 1 is 1.50 bits per heavy atom. The van der Waals surface area contributed by atoms with Crippen LogP contribution in [0.15, 0.2) is 18.2 Å². The first-order valence-electron chi connectivity index (χ1n) is 6.09. The molecule has 0 bridgehead atoms. The number of hydrogen-bond donors (Lipinski definition) is 3. The van der Waals surface area contributed by atoms with E-state index in [4.69, 9.17) is 16.2 Å². The lowest BCUT2D eigenvalue weighted by atomic mass is 9.85. The third-order valence-electron chi connectivity index (χ3n) is 3.54. The zero-order valence-electron chi connectivity index (χ0n) is 11.0. The Labute approximate surface area is 115 Å². The predicted molar refractivity (Wildman–Crippen MR) is 70.4 cm³/mol. The van der Waals surface area contributed by atoms with Gasteiger partial charge in [-0.2, -0.15) is 0 Å². The predicted octanol–water partition coefficient (Wildman–Crippen LogP) is 0.227. The fourth-order valence-corrected chi connectivity index (χ4v) is 1.96. The topological polar surface area (TPSA) is 107 Å². The molecule has 5 N–H and O–H groups in total. The smallest absolute Gasteiger partial charge is 0.248 e. The number of amides is 2. The summed E-state index contributed by atoms with van der Waals surface area (Å²) >= 11 is 0. The van der Waals surface area contributed by atoms with E-state index in [0.717, 1.165) is 6.07 Å². The van der Waals surface area contributed by atoms with Gasteiger partial charge in [0.2, 0.25) is 11.8 Å². The van der Waals surface area contributed by atoms with E-state index in [-0.39, 0.29) is 24.5 Å². The highest BCUT2D eigenvalue weighted by molar-refractivity contribution is 5.98. The molecule has 20 heavy (non-hydrogen) atoms. The molecule has 1 aliphatic heterocycles. The molecule has 2 atom stereocenters. The van der Waals surface area contributed by atoms with Crippen LogP contribution in [-0.4, -0.2) is 31.1 Å². The fraction of sp³-hybridized carbons (Fsp3) is 0.385. The van der Waals surface area contributed by atoms with Crippen molar-refractivity contribution < 1.29 is 18.7 Å². The van der Waals surface area contributed by atoms with E-state index in [2.05, 4.69) is 5.32 Å². The number of rotatable bonds is 3. The molecule has 1 saturated heterocycles. The van der Waals surface area contributed by atoms with Crippen LogP contribution in [0.4, 0.5) is 10.1 Å². The fourth-order valence-electron chi connectivity index (χ4n) is 1.96. The minimum Gasteiger partial charge on any atom is -0.379 e. The molecular weight excluding hydrogens is 265 g/mol. The highest BCUT2D eigenvalue weighted by Crippen LogP contribution is 2.29. The van der Waals surface area contributed by atoms with Crippen molar-refractivity contribution in [2.75, 3.05) is 18.5 Å². The van der Waals surface area contributed by atoms with Gasteiger partial charge >= 0.3 is 0 Å². The molecule has 2 amide bonds. The summed E-state index contributed by atoms with van der Waals surface area (Å²) in [7, 11) is 0. The van der Waals surface area contributed by atoms with Gasteiger partial charge in [-0.1, -0.05) is 0 Å². The molecule has 1 aromatic carbocycles. The molecule has 2 unspecified atom stereocenters. The molecule has 0 radical (unpaired) electrons. The van der Waals surface area contributed by atoms with Crippen molar-refractivity contribution in [3.05, 3.63) is 29.6 Å². The van der Waals surface area contributed by atoms with Crippen molar-refractivity contribution in [2.24, 2.45) is 16.9 Å². The van der Waals surface area contributed by atoms with E-state index in [1.54, 1.807) is 6.92 Å². The summed E-state index contributed by atoms with van der Waals surface area (Å²) in [5, 5.41) is 2.44. The van der Waals surface area contributed by atoms with Crippen molar-refractivity contribution in [3.63, 3.8) is 0 Å². The largest absolute Gasteiger partial charge is 0.379 e. The molecule has 1 heterocycles. The van der Waals surface area contributed by atoms with Crippen LogP contribution < -0.4 is 16.8 Å². The first-order chi connectivity index (χ1) is 9.34. The maximum Gasteiger partial charge on any atom is 0.248 e. The number of carbonyl (C=O) groups excluding carboxylic acids is 2. The molecule has 0 spiro atoms. The summed E-state index contributed by atoms with van der Waals surface area (Å²) in [5.74, 6) is -1.81. The lowest BCUT2D eigenvalue weighted by Gasteiger charge is -2.25. The monoisotopic (exact) mass is 281 g/mol. The summed E-state index contributed by atoms with van der Waals surface area (Å²) in [5.41, 5.74) is 10.0. The molecule has 1 aliphatic rings. The number of primary amides is 1. The van der Waals surface area contributed by atoms with Crippen molar-refractivity contribution >= 4 is 17.5 Å². The first-order valence-corrected chi connectivity index (χ1v) is 6.09. The van der Waals surface area contributed by atoms with Crippen molar-refractivity contribution in [1.29, 1.82) is 0 Å². The zero-order valence-corrected chi connectivity index (χ0v) is 11.0. The van der Waals surface area contributed by atoms with Crippen LogP contribution >= 0.6 is 0 Å². The molecule has 0 saturated carbocycles. The van der Waals surface area contributed by atoms with Gasteiger partial charge in [0.05, 0.1) is 24.3 Å². The van der Waals surface area contributed by atoms with Crippen LogP contribution in [-0.2, 0) is 9.53 Å². The number of nitrogens with one attached hydrogen (secondary N) is 1. The van der Waals surface area contributed by atoms with E-state index >= 15 is 0 Å². The van der Waals surface area contributed by atoms with Crippen LogP contribution in [0.25, 0.3) is 0 Å². The molecular formula is C13H16FN3O3. The Balaban J connectivity index is 2.23. The van der Waals surface area contributed by atoms with Gasteiger partial charge in [-0.05, 0) is 25.1 Å². The average Bonchev–Trinajstić information content (AvgIpc) is 2.73. The molecule has 1 fully saturated rings. The van der Waals surface area contributed by atoms with Crippen LogP contribution in [0.2, 0.25) is 0 Å². The van der Waals surface area contributed by atoms with Crippen LogP contribution in [0.5, 0.6) is 0 Å². The van der Waals surface area contributed by atoms with Crippen LogP contribution in [0, 0.1) is 11.2 Å². The summed E-state index contributed by atoms with van der Waals surface area (Å²) in [4.78, 5) is 23.3. The Kier molecular flexibility index (Phi) is 3.74. The minimum atomic E-state index is -0.935. The van der Waals surface area contributed by atoms with Crippen molar-refractivity contribution in [1.82, 2.24) is 0 Å². The Morgan fingerprint density at radius 2 is 2.20 bits per heavy atom. The molecule has 0 aliphatic carbocycles. The number of anilines is 1. The zero-order chi connectivity index (χ0) is 14.9. The number of ether oxygens (including phenoxy) is 1. The summed E-state index contributed by atoms with van der Waals surface area (Å²) in [6, 6.07) is 3.05. The van der Waals surface area contributed by atoms with Gasteiger partial charge in [-0.25, -0.2) is 4.39 Å². The lowest BCUT2D eigenvalue weighted by molar-refractivity contribution is -0.125. The summed E-state index contributed by atoms with van der Waals surface area (Å²) in [6.07, 6.45) is 0. The third kappa shape index (κ3) is 2.50. The van der Waals surface area contributed by atoms with Gasteiger partial charge in [-0.3, -0.25) is 9.59 Å². The Morgan fingerprint density at radius 3 is 2.75 bits per heavy atom. The number of benzene rings is 1. The van der Waals surface area contributed by atoms with E-state index < -0.39 is 29.1 Å². The van der Waals surface area contributed by atoms with E-state index in [1.807, 2.05) is 0 Å². The van der Waals surface area contributed by atoms with Gasteiger partial charge in [-0.15, -0.1) is 0 Å². The standard InChI is InChI=1S/C13H16FN3O3/c1-13(6-20-5-10(13)15)12(19)17-9-4-7(11(16)18)2-3-8(9)14/h2-4,10H,5-6,15H2,1H3,(H2,16,18)(H,17,19). The molecule has 0 aromatic heterocycles. The van der Waals surface area contributed by atoms with Crippen LogP contribution in [0.1, 0.15) is 17.3 Å². The molecule has 2 rings (SSSR count). The van der Waals surface area contributed by atoms with Gasteiger partial charge in [0.25, 0.3) is 0 Å². The second kappa shape index (κ2) is 5.18. The Hall–Kier alpha value is -1.99. The second-order valence-corrected chi connectivity index (χ2v) is 5.05. The average molecular weight is 281 g/mol. The number of nitrogens with two attached hydrogens (primary N) is 2.